The second-order valence-corrected chi connectivity index (χ2v) is 6.87. The Hall–Kier alpha value is -3.45. The number of para-hydroxylation sites is 1. The maximum absolute atomic E-state index is 10.3. The van der Waals surface area contributed by atoms with Crippen molar-refractivity contribution in [1.29, 1.82) is 0 Å². The molecule has 0 spiro atoms. The number of rotatable bonds is 4. The van der Waals surface area contributed by atoms with Gasteiger partial charge in [0, 0.05) is 55.1 Å². The first-order valence-corrected chi connectivity index (χ1v) is 9.29. The summed E-state index contributed by atoms with van der Waals surface area (Å²) in [5, 5.41) is 10.3. The van der Waals surface area contributed by atoms with Gasteiger partial charge in [-0.25, -0.2) is 15.0 Å². The van der Waals surface area contributed by atoms with E-state index in [1.54, 1.807) is 24.8 Å². The average Bonchev–Trinajstić information content (AvgIpc) is 3.40. The van der Waals surface area contributed by atoms with E-state index in [1.807, 2.05) is 41.1 Å². The third kappa shape index (κ3) is 2.86. The van der Waals surface area contributed by atoms with Crippen LogP contribution in [0.3, 0.4) is 0 Å². The van der Waals surface area contributed by atoms with Crippen molar-refractivity contribution in [2.24, 2.45) is 0 Å². The molecule has 1 aromatic carbocycles. The lowest BCUT2D eigenvalue weighted by Crippen LogP contribution is -2.36. The first-order valence-electron chi connectivity index (χ1n) is 9.29. The van der Waals surface area contributed by atoms with Crippen LogP contribution in [0.4, 0.5) is 0 Å². The van der Waals surface area contributed by atoms with Gasteiger partial charge < -0.3 is 10.1 Å². The number of aromatic amines is 1. The van der Waals surface area contributed by atoms with Crippen LogP contribution in [0.25, 0.3) is 5.95 Å². The minimum atomic E-state index is -0.0617. The molecule has 1 unspecified atom stereocenters. The van der Waals surface area contributed by atoms with Gasteiger partial charge in [0.15, 0.2) is 0 Å². The van der Waals surface area contributed by atoms with Gasteiger partial charge in [-0.3, -0.25) is 9.47 Å². The number of phenolic OH excluding ortho intramolecular Hbond substituents is 1. The summed E-state index contributed by atoms with van der Waals surface area (Å²) in [6.07, 6.45) is 8.11. The van der Waals surface area contributed by atoms with Gasteiger partial charge in [-0.05, 0) is 24.3 Å². The monoisotopic (exact) mass is 372 g/mol. The summed E-state index contributed by atoms with van der Waals surface area (Å²) in [5.41, 5.74) is 4.12. The quantitative estimate of drug-likeness (QED) is 0.576. The molecule has 4 heterocycles. The molecular weight excluding hydrogens is 352 g/mol. The number of aromatic nitrogens is 5. The summed E-state index contributed by atoms with van der Waals surface area (Å²) < 4.78 is 2.01. The molecule has 4 aromatic rings. The molecule has 0 aliphatic carbocycles. The summed E-state index contributed by atoms with van der Waals surface area (Å²) in [6, 6.07) is 13.3. The highest BCUT2D eigenvalue weighted by molar-refractivity contribution is 5.36. The number of benzene rings is 1. The molecule has 2 N–H and O–H groups in total. The SMILES string of the molecule is Oc1ccccc1CN1CCc2[nH]cnc2C1c1cccn1-c1ncccn1. The fourth-order valence-corrected chi connectivity index (χ4v) is 3.90. The number of aromatic hydroxyl groups is 1. The van der Waals surface area contributed by atoms with Crippen LogP contribution in [0.2, 0.25) is 0 Å². The van der Waals surface area contributed by atoms with Gasteiger partial charge in [0.25, 0.3) is 0 Å². The molecule has 0 radical (unpaired) electrons. The summed E-state index contributed by atoms with van der Waals surface area (Å²) in [7, 11) is 0. The molecule has 1 atom stereocenters. The normalized spacial score (nSPS) is 16.8. The van der Waals surface area contributed by atoms with E-state index in [-0.39, 0.29) is 6.04 Å². The van der Waals surface area contributed by atoms with Crippen LogP contribution in [-0.2, 0) is 13.0 Å². The van der Waals surface area contributed by atoms with Gasteiger partial charge in [0.2, 0.25) is 5.95 Å². The number of nitrogens with zero attached hydrogens (tertiary/aromatic N) is 5. The second kappa shape index (κ2) is 6.94. The Balaban J connectivity index is 1.59. The molecule has 28 heavy (non-hydrogen) atoms. The lowest BCUT2D eigenvalue weighted by molar-refractivity contribution is 0.193. The molecule has 0 saturated heterocycles. The number of nitrogens with one attached hydrogen (secondary N) is 1. The molecule has 1 aliphatic heterocycles. The molecule has 0 bridgehead atoms. The van der Waals surface area contributed by atoms with Crippen LogP contribution >= 0.6 is 0 Å². The number of hydrogen-bond acceptors (Lipinski definition) is 5. The molecule has 0 saturated carbocycles. The fraction of sp³-hybridized carbons (Fsp3) is 0.190. The molecule has 7 nitrogen and oxygen atoms in total. The van der Waals surface area contributed by atoms with E-state index in [9.17, 15) is 5.11 Å². The first kappa shape index (κ1) is 16.7. The Morgan fingerprint density at radius 3 is 2.75 bits per heavy atom. The number of fused-ring (bicyclic) bond motifs is 1. The smallest absolute Gasteiger partial charge is 0.233 e. The van der Waals surface area contributed by atoms with E-state index in [0.29, 0.717) is 18.2 Å². The van der Waals surface area contributed by atoms with Crippen LogP contribution < -0.4 is 0 Å². The number of imidazole rings is 1. The minimum Gasteiger partial charge on any atom is -0.508 e. The van der Waals surface area contributed by atoms with Gasteiger partial charge >= 0.3 is 0 Å². The summed E-state index contributed by atoms with van der Waals surface area (Å²) >= 11 is 0. The maximum Gasteiger partial charge on any atom is 0.233 e. The predicted octanol–water partition coefficient (Wildman–Crippen LogP) is 2.84. The van der Waals surface area contributed by atoms with Crippen molar-refractivity contribution < 1.29 is 5.11 Å². The lowest BCUT2D eigenvalue weighted by atomic mass is 9.98. The molecule has 0 amide bonds. The number of hydrogen-bond donors (Lipinski definition) is 2. The Bertz CT molecular complexity index is 1090. The van der Waals surface area contributed by atoms with Crippen LogP contribution in [-0.4, -0.2) is 41.1 Å². The van der Waals surface area contributed by atoms with Crippen molar-refractivity contribution in [3.05, 3.63) is 90.0 Å². The largest absolute Gasteiger partial charge is 0.508 e. The third-order valence-electron chi connectivity index (χ3n) is 5.22. The van der Waals surface area contributed by atoms with E-state index in [4.69, 9.17) is 0 Å². The third-order valence-corrected chi connectivity index (χ3v) is 5.22. The maximum atomic E-state index is 10.3. The summed E-state index contributed by atoms with van der Waals surface area (Å²) in [4.78, 5) is 19.1. The standard InChI is InChI=1S/C21H20N6O/c28-18-7-2-1-5-15(18)13-26-12-8-16-19(25-14-24-16)20(26)17-6-3-11-27(17)21-22-9-4-10-23-21/h1-7,9-11,14,20,28H,8,12-13H2,(H,24,25). The second-order valence-electron chi connectivity index (χ2n) is 6.87. The molecule has 140 valence electrons. The molecular formula is C21H20N6O. The van der Waals surface area contributed by atoms with Crippen molar-refractivity contribution >= 4 is 0 Å². The average molecular weight is 372 g/mol. The van der Waals surface area contributed by atoms with Crippen molar-refractivity contribution in [3.8, 4) is 11.7 Å². The van der Waals surface area contributed by atoms with Gasteiger partial charge in [-0.15, -0.1) is 0 Å². The highest BCUT2D eigenvalue weighted by Crippen LogP contribution is 2.36. The zero-order valence-electron chi connectivity index (χ0n) is 15.2. The van der Waals surface area contributed by atoms with Crippen LogP contribution in [0.5, 0.6) is 5.75 Å². The summed E-state index contributed by atoms with van der Waals surface area (Å²) in [6.45, 7) is 1.49. The Labute approximate surface area is 162 Å². The van der Waals surface area contributed by atoms with Crippen molar-refractivity contribution in [1.82, 2.24) is 29.4 Å². The Morgan fingerprint density at radius 2 is 1.89 bits per heavy atom. The van der Waals surface area contributed by atoms with E-state index in [1.165, 1.54) is 0 Å². The zero-order chi connectivity index (χ0) is 18.9. The molecule has 3 aromatic heterocycles. The van der Waals surface area contributed by atoms with Gasteiger partial charge in [0.05, 0.1) is 18.1 Å². The molecule has 1 aliphatic rings. The highest BCUT2D eigenvalue weighted by atomic mass is 16.3. The molecule has 5 rings (SSSR count). The Kier molecular flexibility index (Phi) is 4.14. The van der Waals surface area contributed by atoms with Gasteiger partial charge in [-0.2, -0.15) is 0 Å². The van der Waals surface area contributed by atoms with Crippen LogP contribution in [0, 0.1) is 0 Å². The number of H-pyrrole nitrogens is 1. The first-order chi connectivity index (χ1) is 13.8. The van der Waals surface area contributed by atoms with E-state index >= 15 is 0 Å². The predicted molar refractivity (Wildman–Crippen MR) is 104 cm³/mol. The topological polar surface area (TPSA) is 82.9 Å². The van der Waals surface area contributed by atoms with Gasteiger partial charge in [0.1, 0.15) is 5.75 Å². The van der Waals surface area contributed by atoms with E-state index < -0.39 is 0 Å². The van der Waals surface area contributed by atoms with Crippen LogP contribution in [0.1, 0.15) is 28.7 Å². The lowest BCUT2D eigenvalue weighted by Gasteiger charge is -2.35. The van der Waals surface area contributed by atoms with Crippen molar-refractivity contribution in [2.45, 2.75) is 19.0 Å². The van der Waals surface area contributed by atoms with Crippen molar-refractivity contribution in [2.75, 3.05) is 6.54 Å². The van der Waals surface area contributed by atoms with E-state index in [0.717, 1.165) is 35.6 Å². The Morgan fingerprint density at radius 1 is 1.04 bits per heavy atom. The number of phenols is 1. The van der Waals surface area contributed by atoms with Crippen molar-refractivity contribution in [3.63, 3.8) is 0 Å². The minimum absolute atomic E-state index is 0.0617. The molecule has 7 heteroatoms. The zero-order valence-corrected chi connectivity index (χ0v) is 15.2. The molecule has 0 fully saturated rings. The highest BCUT2D eigenvalue weighted by Gasteiger charge is 2.33. The fourth-order valence-electron chi connectivity index (χ4n) is 3.90. The van der Waals surface area contributed by atoms with Crippen LogP contribution in [0.15, 0.2) is 67.4 Å². The van der Waals surface area contributed by atoms with E-state index in [2.05, 4.69) is 30.9 Å². The van der Waals surface area contributed by atoms with Gasteiger partial charge in [-0.1, -0.05) is 18.2 Å². The summed E-state index contributed by atoms with van der Waals surface area (Å²) in [5.74, 6) is 0.948.